The topological polar surface area (TPSA) is 79.5 Å². The fraction of sp³-hybridized carbons (Fsp3) is 0.227. The Labute approximate surface area is 161 Å². The van der Waals surface area contributed by atoms with Crippen molar-refractivity contribution in [3.8, 4) is 5.75 Å². The second-order valence-corrected chi connectivity index (χ2v) is 7.27. The summed E-state index contributed by atoms with van der Waals surface area (Å²) in [7, 11) is 0. The van der Waals surface area contributed by atoms with E-state index in [1.54, 1.807) is 30.3 Å². The van der Waals surface area contributed by atoms with Gasteiger partial charge in [0.2, 0.25) is 0 Å². The Morgan fingerprint density at radius 2 is 1.79 bits per heavy atom. The zero-order chi connectivity index (χ0) is 19.3. The number of hydrogen-bond acceptors (Lipinski definition) is 4. The van der Waals surface area contributed by atoms with Crippen molar-refractivity contribution in [2.24, 2.45) is 5.92 Å². The summed E-state index contributed by atoms with van der Waals surface area (Å²) >= 11 is 0. The van der Waals surface area contributed by atoms with E-state index >= 15 is 0 Å². The zero-order valence-electron chi connectivity index (χ0n) is 15.1. The van der Waals surface area contributed by atoms with E-state index in [1.165, 1.54) is 4.90 Å². The van der Waals surface area contributed by atoms with Crippen molar-refractivity contribution in [2.75, 3.05) is 6.54 Å². The van der Waals surface area contributed by atoms with Crippen LogP contribution >= 0.6 is 0 Å². The number of esters is 1. The quantitative estimate of drug-likeness (QED) is 0.422. The average molecular weight is 374 g/mol. The van der Waals surface area contributed by atoms with Crippen molar-refractivity contribution in [1.82, 2.24) is 9.88 Å². The van der Waals surface area contributed by atoms with Gasteiger partial charge in [0.15, 0.2) is 0 Å². The second kappa shape index (κ2) is 6.34. The highest BCUT2D eigenvalue weighted by Crippen LogP contribution is 2.32. The lowest BCUT2D eigenvalue weighted by Crippen LogP contribution is -2.31. The molecule has 140 valence electrons. The number of nitrogens with zero attached hydrogens (tertiary/aromatic N) is 1. The number of imide groups is 1. The van der Waals surface area contributed by atoms with Crippen LogP contribution in [0.2, 0.25) is 0 Å². The molecule has 0 spiro atoms. The van der Waals surface area contributed by atoms with Crippen LogP contribution in [0.15, 0.2) is 48.7 Å². The summed E-state index contributed by atoms with van der Waals surface area (Å²) in [4.78, 5) is 41.4. The first-order valence-electron chi connectivity index (χ1n) is 9.39. The zero-order valence-corrected chi connectivity index (χ0v) is 15.1. The third-order valence-corrected chi connectivity index (χ3v) is 5.35. The Bertz CT molecular complexity index is 1090. The summed E-state index contributed by atoms with van der Waals surface area (Å²) < 4.78 is 5.45. The van der Waals surface area contributed by atoms with E-state index in [9.17, 15) is 14.4 Å². The predicted molar refractivity (Wildman–Crippen MR) is 102 cm³/mol. The lowest BCUT2D eigenvalue weighted by molar-refractivity contribution is -0.135. The molecule has 0 radical (unpaired) electrons. The Kier molecular flexibility index (Phi) is 3.79. The van der Waals surface area contributed by atoms with Crippen molar-refractivity contribution in [1.29, 1.82) is 0 Å². The molecule has 1 fully saturated rings. The average Bonchev–Trinajstić information content (AvgIpc) is 3.45. The number of hydrogen-bond donors (Lipinski definition) is 1. The Balaban J connectivity index is 1.35. The standard InChI is InChI=1S/C22H18N2O4/c25-20-16-3-1-2-4-17(16)21(26)24(20)10-9-14-12-23-19-8-7-15(11-18(14)19)28-22(27)13-5-6-13/h1-4,7-8,11-13,23H,5-6,9-10H2. The predicted octanol–water partition coefficient (Wildman–Crippen LogP) is 3.32. The number of fused-ring (bicyclic) bond motifs is 2. The number of carbonyl (C=O) groups excluding carboxylic acids is 3. The van der Waals surface area contributed by atoms with Crippen LogP contribution in [0.3, 0.4) is 0 Å². The van der Waals surface area contributed by atoms with E-state index < -0.39 is 0 Å². The third-order valence-electron chi connectivity index (χ3n) is 5.35. The van der Waals surface area contributed by atoms with Gasteiger partial charge in [-0.15, -0.1) is 0 Å². The monoisotopic (exact) mass is 374 g/mol. The molecule has 28 heavy (non-hydrogen) atoms. The third kappa shape index (κ3) is 2.78. The molecule has 0 bridgehead atoms. The van der Waals surface area contributed by atoms with E-state index in [0.29, 0.717) is 29.8 Å². The molecule has 6 nitrogen and oxygen atoms in total. The lowest BCUT2D eigenvalue weighted by Gasteiger charge is -2.13. The summed E-state index contributed by atoms with van der Waals surface area (Å²) in [6.07, 6.45) is 4.19. The molecule has 2 heterocycles. The van der Waals surface area contributed by atoms with E-state index in [2.05, 4.69) is 4.98 Å². The van der Waals surface area contributed by atoms with Gasteiger partial charge in [0.25, 0.3) is 11.8 Å². The van der Waals surface area contributed by atoms with Gasteiger partial charge < -0.3 is 9.72 Å². The van der Waals surface area contributed by atoms with Gasteiger partial charge in [0.05, 0.1) is 17.0 Å². The summed E-state index contributed by atoms with van der Waals surface area (Å²) in [5.74, 6) is -0.123. The first-order valence-corrected chi connectivity index (χ1v) is 9.39. The van der Waals surface area contributed by atoms with Crippen LogP contribution in [-0.2, 0) is 11.2 Å². The van der Waals surface area contributed by atoms with Crippen LogP contribution in [0.25, 0.3) is 10.9 Å². The number of rotatable bonds is 5. The van der Waals surface area contributed by atoms with Crippen LogP contribution in [0.4, 0.5) is 0 Å². The number of carbonyl (C=O) groups is 3. The minimum atomic E-state index is -0.250. The van der Waals surface area contributed by atoms with Gasteiger partial charge in [0.1, 0.15) is 5.75 Å². The molecule has 5 rings (SSSR count). The van der Waals surface area contributed by atoms with Crippen molar-refractivity contribution in [3.05, 3.63) is 65.4 Å². The molecular weight excluding hydrogens is 356 g/mol. The van der Waals surface area contributed by atoms with Crippen LogP contribution in [-0.4, -0.2) is 34.2 Å². The van der Waals surface area contributed by atoms with Gasteiger partial charge in [-0.2, -0.15) is 0 Å². The molecule has 6 heteroatoms. The molecule has 0 unspecified atom stereocenters. The fourth-order valence-corrected chi connectivity index (χ4v) is 3.62. The van der Waals surface area contributed by atoms with Crippen molar-refractivity contribution < 1.29 is 19.1 Å². The van der Waals surface area contributed by atoms with Crippen LogP contribution in [0.5, 0.6) is 5.75 Å². The fourth-order valence-electron chi connectivity index (χ4n) is 3.62. The van der Waals surface area contributed by atoms with E-state index in [-0.39, 0.29) is 23.7 Å². The highest BCUT2D eigenvalue weighted by Gasteiger charge is 2.35. The number of amides is 2. The highest BCUT2D eigenvalue weighted by molar-refractivity contribution is 6.21. The number of nitrogens with one attached hydrogen (secondary N) is 1. The maximum Gasteiger partial charge on any atom is 0.314 e. The first kappa shape index (κ1) is 16.7. The van der Waals surface area contributed by atoms with E-state index in [1.807, 2.05) is 18.3 Å². The smallest absolute Gasteiger partial charge is 0.314 e. The number of aromatic amines is 1. The molecule has 3 aromatic rings. The van der Waals surface area contributed by atoms with E-state index in [4.69, 9.17) is 4.74 Å². The normalized spacial score (nSPS) is 15.9. The molecule has 2 aliphatic rings. The minimum absolute atomic E-state index is 0.0372. The second-order valence-electron chi connectivity index (χ2n) is 7.27. The molecule has 2 amide bonds. The van der Waals surface area contributed by atoms with Crippen LogP contribution in [0.1, 0.15) is 39.1 Å². The van der Waals surface area contributed by atoms with Gasteiger partial charge in [-0.3, -0.25) is 19.3 Å². The molecular formula is C22H18N2O4. The summed E-state index contributed by atoms with van der Waals surface area (Å²) in [6.45, 7) is 0.297. The molecule has 1 aliphatic carbocycles. The molecule has 2 aromatic carbocycles. The minimum Gasteiger partial charge on any atom is -0.426 e. The largest absolute Gasteiger partial charge is 0.426 e. The molecule has 0 atom stereocenters. The number of aromatic nitrogens is 1. The molecule has 1 aromatic heterocycles. The lowest BCUT2D eigenvalue weighted by atomic mass is 10.1. The van der Waals surface area contributed by atoms with Gasteiger partial charge >= 0.3 is 5.97 Å². The van der Waals surface area contributed by atoms with Crippen molar-refractivity contribution in [2.45, 2.75) is 19.3 Å². The van der Waals surface area contributed by atoms with Gasteiger partial charge in [-0.25, -0.2) is 0 Å². The number of ether oxygens (including phenoxy) is 1. The summed E-state index contributed by atoms with van der Waals surface area (Å²) in [6, 6.07) is 12.4. The van der Waals surface area contributed by atoms with Gasteiger partial charge in [0, 0.05) is 23.6 Å². The summed E-state index contributed by atoms with van der Waals surface area (Å²) in [5.41, 5.74) is 2.81. The molecule has 1 aliphatic heterocycles. The molecule has 0 saturated heterocycles. The first-order chi connectivity index (χ1) is 13.6. The maximum atomic E-state index is 12.5. The number of H-pyrrole nitrogens is 1. The van der Waals surface area contributed by atoms with Crippen molar-refractivity contribution >= 4 is 28.7 Å². The molecule has 1 N–H and O–H groups in total. The molecule has 1 saturated carbocycles. The van der Waals surface area contributed by atoms with Crippen molar-refractivity contribution in [3.63, 3.8) is 0 Å². The summed E-state index contributed by atoms with van der Waals surface area (Å²) in [5, 5.41) is 0.928. The van der Waals surface area contributed by atoms with Crippen LogP contribution in [0, 0.1) is 5.92 Å². The van der Waals surface area contributed by atoms with Gasteiger partial charge in [-0.1, -0.05) is 12.1 Å². The Morgan fingerprint density at radius 3 is 2.46 bits per heavy atom. The highest BCUT2D eigenvalue weighted by atomic mass is 16.5. The SMILES string of the molecule is O=C(Oc1ccc2[nH]cc(CCN3C(=O)c4ccccc4C3=O)c2c1)C1CC1. The van der Waals surface area contributed by atoms with Crippen LogP contribution < -0.4 is 4.74 Å². The Morgan fingerprint density at radius 1 is 1.07 bits per heavy atom. The number of benzene rings is 2. The Hall–Kier alpha value is -3.41. The van der Waals surface area contributed by atoms with E-state index in [0.717, 1.165) is 29.3 Å². The maximum absolute atomic E-state index is 12.5. The van der Waals surface area contributed by atoms with Gasteiger partial charge in [-0.05, 0) is 55.2 Å².